The van der Waals surface area contributed by atoms with E-state index in [1.807, 2.05) is 25.1 Å². The van der Waals surface area contributed by atoms with Crippen LogP contribution >= 0.6 is 23.2 Å². The number of nitrogens with zero attached hydrogens (tertiary/aromatic N) is 3. The van der Waals surface area contributed by atoms with Crippen molar-refractivity contribution in [3.63, 3.8) is 0 Å². The standard InChI is InChI=1S/C19H23Cl2N3O2/c1-13-9-19(23-18(22-13)12-25-2)24-7-5-15(6-8-24)26-11-14-3-4-16(20)17(21)10-14/h3-4,9-10,15H,5-8,11-12H2,1-2H3. The van der Waals surface area contributed by atoms with Crippen LogP contribution in [0.5, 0.6) is 0 Å². The number of benzene rings is 1. The molecule has 7 heteroatoms. The Hall–Kier alpha value is -1.40. The van der Waals surface area contributed by atoms with E-state index in [4.69, 9.17) is 32.7 Å². The molecule has 1 aromatic heterocycles. The Balaban J connectivity index is 1.53. The molecule has 0 saturated carbocycles. The molecular weight excluding hydrogens is 373 g/mol. The summed E-state index contributed by atoms with van der Waals surface area (Å²) in [7, 11) is 1.65. The van der Waals surface area contributed by atoms with Crippen molar-refractivity contribution in [2.45, 2.75) is 39.1 Å². The van der Waals surface area contributed by atoms with Crippen molar-refractivity contribution >= 4 is 29.0 Å². The summed E-state index contributed by atoms with van der Waals surface area (Å²) in [5, 5.41) is 1.13. The summed E-state index contributed by atoms with van der Waals surface area (Å²) in [5.41, 5.74) is 2.00. The van der Waals surface area contributed by atoms with Crippen LogP contribution < -0.4 is 4.90 Å². The van der Waals surface area contributed by atoms with E-state index in [1.54, 1.807) is 13.2 Å². The molecule has 26 heavy (non-hydrogen) atoms. The smallest absolute Gasteiger partial charge is 0.156 e. The fourth-order valence-corrected chi connectivity index (χ4v) is 3.38. The van der Waals surface area contributed by atoms with Crippen LogP contribution in [0.3, 0.4) is 0 Å². The van der Waals surface area contributed by atoms with Crippen LogP contribution in [0.4, 0.5) is 5.82 Å². The minimum absolute atomic E-state index is 0.238. The maximum absolute atomic E-state index is 6.06. The van der Waals surface area contributed by atoms with Crippen molar-refractivity contribution in [3.8, 4) is 0 Å². The number of hydrogen-bond acceptors (Lipinski definition) is 5. The highest BCUT2D eigenvalue weighted by molar-refractivity contribution is 6.42. The highest BCUT2D eigenvalue weighted by Crippen LogP contribution is 2.25. The maximum Gasteiger partial charge on any atom is 0.156 e. The molecule has 3 rings (SSSR count). The Morgan fingerprint density at radius 2 is 1.85 bits per heavy atom. The predicted molar refractivity (Wildman–Crippen MR) is 104 cm³/mol. The summed E-state index contributed by atoms with van der Waals surface area (Å²) in [6, 6.07) is 7.64. The molecule has 1 saturated heterocycles. The molecule has 0 atom stereocenters. The quantitative estimate of drug-likeness (QED) is 0.723. The van der Waals surface area contributed by atoms with E-state index < -0.39 is 0 Å². The largest absolute Gasteiger partial charge is 0.377 e. The van der Waals surface area contributed by atoms with E-state index in [0.717, 1.165) is 48.8 Å². The number of ether oxygens (including phenoxy) is 2. The molecule has 0 N–H and O–H groups in total. The lowest BCUT2D eigenvalue weighted by atomic mass is 10.1. The number of halogens is 2. The third-order valence-corrected chi connectivity index (χ3v) is 5.14. The lowest BCUT2D eigenvalue weighted by molar-refractivity contribution is 0.0250. The number of hydrogen-bond donors (Lipinski definition) is 0. The molecule has 0 aliphatic carbocycles. The first-order valence-electron chi connectivity index (χ1n) is 8.69. The van der Waals surface area contributed by atoms with E-state index in [0.29, 0.717) is 23.3 Å². The van der Waals surface area contributed by atoms with Gasteiger partial charge in [-0.2, -0.15) is 0 Å². The molecule has 1 aliphatic rings. The highest BCUT2D eigenvalue weighted by Gasteiger charge is 2.21. The average Bonchev–Trinajstić information content (AvgIpc) is 2.63. The van der Waals surface area contributed by atoms with E-state index in [9.17, 15) is 0 Å². The van der Waals surface area contributed by atoms with Crippen LogP contribution in [0.15, 0.2) is 24.3 Å². The van der Waals surface area contributed by atoms with Gasteiger partial charge >= 0.3 is 0 Å². The van der Waals surface area contributed by atoms with E-state index in [1.165, 1.54) is 0 Å². The Morgan fingerprint density at radius 1 is 1.08 bits per heavy atom. The van der Waals surface area contributed by atoms with Crippen molar-refractivity contribution in [1.29, 1.82) is 0 Å². The van der Waals surface area contributed by atoms with Crippen molar-refractivity contribution in [2.75, 3.05) is 25.1 Å². The van der Waals surface area contributed by atoms with Gasteiger partial charge in [0.25, 0.3) is 0 Å². The lowest BCUT2D eigenvalue weighted by Gasteiger charge is -2.33. The second kappa shape index (κ2) is 9.00. The van der Waals surface area contributed by atoms with Crippen LogP contribution in [0.2, 0.25) is 10.0 Å². The summed E-state index contributed by atoms with van der Waals surface area (Å²) in [6.07, 6.45) is 2.16. The minimum atomic E-state index is 0.238. The van der Waals surface area contributed by atoms with Crippen LogP contribution in [0.25, 0.3) is 0 Å². The summed E-state index contributed by atoms with van der Waals surface area (Å²) in [4.78, 5) is 11.3. The summed E-state index contributed by atoms with van der Waals surface area (Å²) in [5.74, 6) is 1.69. The van der Waals surface area contributed by atoms with Gasteiger partial charge in [-0.05, 0) is 37.5 Å². The molecule has 5 nitrogen and oxygen atoms in total. The predicted octanol–water partition coefficient (Wildman–Crippen LogP) is 4.42. The number of anilines is 1. The van der Waals surface area contributed by atoms with Gasteiger partial charge < -0.3 is 14.4 Å². The number of aromatic nitrogens is 2. The first-order valence-corrected chi connectivity index (χ1v) is 9.44. The van der Waals surface area contributed by atoms with Gasteiger partial charge in [-0.15, -0.1) is 0 Å². The minimum Gasteiger partial charge on any atom is -0.377 e. The van der Waals surface area contributed by atoms with Crippen molar-refractivity contribution in [1.82, 2.24) is 9.97 Å². The third kappa shape index (κ3) is 5.07. The van der Waals surface area contributed by atoms with Crippen LogP contribution in [0, 0.1) is 6.92 Å². The normalized spacial score (nSPS) is 15.5. The van der Waals surface area contributed by atoms with Gasteiger partial charge in [-0.1, -0.05) is 29.3 Å². The maximum atomic E-state index is 6.06. The zero-order chi connectivity index (χ0) is 18.5. The fraction of sp³-hybridized carbons (Fsp3) is 0.474. The van der Waals surface area contributed by atoms with Gasteiger partial charge in [-0.25, -0.2) is 9.97 Å². The van der Waals surface area contributed by atoms with E-state index in [2.05, 4.69) is 14.9 Å². The monoisotopic (exact) mass is 395 g/mol. The molecule has 2 heterocycles. The average molecular weight is 396 g/mol. The van der Waals surface area contributed by atoms with Gasteiger partial charge in [0.05, 0.1) is 22.8 Å². The number of rotatable bonds is 6. The molecular formula is C19H23Cl2N3O2. The third-order valence-electron chi connectivity index (χ3n) is 4.40. The topological polar surface area (TPSA) is 47.5 Å². The second-order valence-electron chi connectivity index (χ2n) is 6.46. The zero-order valence-corrected chi connectivity index (χ0v) is 16.6. The molecule has 1 aromatic carbocycles. The van der Waals surface area contributed by atoms with E-state index in [-0.39, 0.29) is 6.10 Å². The van der Waals surface area contributed by atoms with Crippen LogP contribution in [0.1, 0.15) is 29.9 Å². The molecule has 140 valence electrons. The molecule has 0 bridgehead atoms. The highest BCUT2D eigenvalue weighted by atomic mass is 35.5. The van der Waals surface area contributed by atoms with Crippen LogP contribution in [-0.4, -0.2) is 36.3 Å². The SMILES string of the molecule is COCc1nc(C)cc(N2CCC(OCc3ccc(Cl)c(Cl)c3)CC2)n1. The molecule has 1 aliphatic heterocycles. The van der Waals surface area contributed by atoms with Crippen molar-refractivity contribution in [3.05, 3.63) is 51.4 Å². The van der Waals surface area contributed by atoms with Gasteiger partial charge in [0.15, 0.2) is 5.82 Å². The molecule has 0 radical (unpaired) electrons. The van der Waals surface area contributed by atoms with Gasteiger partial charge in [-0.3, -0.25) is 0 Å². The van der Waals surface area contributed by atoms with Gasteiger partial charge in [0.1, 0.15) is 12.4 Å². The Bertz CT molecular complexity index is 750. The molecule has 0 unspecified atom stereocenters. The van der Waals surface area contributed by atoms with Crippen molar-refractivity contribution < 1.29 is 9.47 Å². The fourth-order valence-electron chi connectivity index (χ4n) is 3.06. The Labute approximate surface area is 164 Å². The first-order chi connectivity index (χ1) is 12.5. The first kappa shape index (κ1) is 19.4. The van der Waals surface area contributed by atoms with E-state index >= 15 is 0 Å². The second-order valence-corrected chi connectivity index (χ2v) is 7.28. The number of piperidine rings is 1. The molecule has 0 amide bonds. The molecule has 2 aromatic rings. The number of methoxy groups -OCH3 is 1. The molecule has 0 spiro atoms. The number of aryl methyl sites for hydroxylation is 1. The Kier molecular flexibility index (Phi) is 6.70. The van der Waals surface area contributed by atoms with Gasteiger partial charge in [0.2, 0.25) is 0 Å². The summed E-state index contributed by atoms with van der Waals surface area (Å²) >= 11 is 12.0. The Morgan fingerprint density at radius 3 is 2.54 bits per heavy atom. The molecule has 1 fully saturated rings. The van der Waals surface area contributed by atoms with Gasteiger partial charge in [0, 0.05) is 32.0 Å². The zero-order valence-electron chi connectivity index (χ0n) is 15.0. The summed E-state index contributed by atoms with van der Waals surface area (Å²) in [6.45, 7) is 4.78. The van der Waals surface area contributed by atoms with Crippen LogP contribution in [-0.2, 0) is 22.7 Å². The van der Waals surface area contributed by atoms with Crippen molar-refractivity contribution in [2.24, 2.45) is 0 Å². The lowest BCUT2D eigenvalue weighted by Crippen LogP contribution is -2.37. The summed E-state index contributed by atoms with van der Waals surface area (Å²) < 4.78 is 11.2.